The van der Waals surface area contributed by atoms with Crippen molar-refractivity contribution in [3.63, 3.8) is 0 Å². The molecule has 0 fully saturated rings. The SMILES string of the molecule is N#CCCCn1c(Cc2ccccc2)nc2scc(-c3ccccc3)c2c1=O. The summed E-state index contributed by atoms with van der Waals surface area (Å²) >= 11 is 1.51. The van der Waals surface area contributed by atoms with E-state index in [9.17, 15) is 4.79 Å². The molecule has 28 heavy (non-hydrogen) atoms. The molecule has 4 nitrogen and oxygen atoms in total. The Bertz CT molecular complexity index is 1190. The molecule has 0 N–H and O–H groups in total. The third-order valence-electron chi connectivity index (χ3n) is 4.73. The molecule has 138 valence electrons. The van der Waals surface area contributed by atoms with Crippen LogP contribution in [0.4, 0.5) is 0 Å². The second-order valence-corrected chi connectivity index (χ2v) is 7.46. The summed E-state index contributed by atoms with van der Waals surface area (Å²) in [5.41, 5.74) is 3.04. The quantitative estimate of drug-likeness (QED) is 0.438. The van der Waals surface area contributed by atoms with Crippen LogP contribution in [0.1, 0.15) is 24.2 Å². The molecule has 0 saturated heterocycles. The molecule has 2 aromatic carbocycles. The molecule has 2 heterocycles. The number of unbranched alkanes of at least 4 members (excludes halogenated alkanes) is 1. The standard InChI is InChI=1S/C23H19N3OS/c24-13-7-8-14-26-20(15-17-9-3-1-4-10-17)25-22-21(23(26)27)19(16-28-22)18-11-5-2-6-12-18/h1-6,9-12,16H,7-8,14-15H2. The minimum Gasteiger partial charge on any atom is -0.296 e. The van der Waals surface area contributed by atoms with Gasteiger partial charge in [-0.3, -0.25) is 9.36 Å². The molecule has 0 aliphatic rings. The molecule has 0 aliphatic carbocycles. The van der Waals surface area contributed by atoms with Crippen molar-refractivity contribution in [3.05, 3.63) is 87.8 Å². The Labute approximate surface area is 167 Å². The fraction of sp³-hybridized carbons (Fsp3) is 0.174. The summed E-state index contributed by atoms with van der Waals surface area (Å²) in [6, 6.07) is 22.1. The number of nitriles is 1. The van der Waals surface area contributed by atoms with Gasteiger partial charge < -0.3 is 0 Å². The first kappa shape index (κ1) is 18.1. The Morgan fingerprint density at radius 2 is 1.75 bits per heavy atom. The maximum absolute atomic E-state index is 13.4. The smallest absolute Gasteiger partial charge is 0.262 e. The lowest BCUT2D eigenvalue weighted by Crippen LogP contribution is -2.25. The third-order valence-corrected chi connectivity index (χ3v) is 5.61. The van der Waals surface area contributed by atoms with Crippen molar-refractivity contribution in [1.29, 1.82) is 5.26 Å². The van der Waals surface area contributed by atoms with Crippen molar-refractivity contribution in [2.75, 3.05) is 0 Å². The van der Waals surface area contributed by atoms with E-state index in [2.05, 4.69) is 6.07 Å². The lowest BCUT2D eigenvalue weighted by Gasteiger charge is -2.12. The first-order valence-electron chi connectivity index (χ1n) is 9.25. The number of fused-ring (bicyclic) bond motifs is 1. The molecule has 0 saturated carbocycles. The van der Waals surface area contributed by atoms with Gasteiger partial charge in [-0.1, -0.05) is 60.7 Å². The molecule has 4 rings (SSSR count). The third kappa shape index (κ3) is 3.60. The molecular formula is C23H19N3OS. The summed E-state index contributed by atoms with van der Waals surface area (Å²) in [6.07, 6.45) is 1.65. The van der Waals surface area contributed by atoms with Crippen LogP contribution in [0.3, 0.4) is 0 Å². The minimum absolute atomic E-state index is 0.0195. The summed E-state index contributed by atoms with van der Waals surface area (Å²) in [5, 5.41) is 11.6. The molecule has 0 spiro atoms. The van der Waals surface area contributed by atoms with E-state index >= 15 is 0 Å². The van der Waals surface area contributed by atoms with Gasteiger partial charge in [0.2, 0.25) is 0 Å². The number of benzene rings is 2. The Kier molecular flexibility index (Phi) is 5.31. The molecule has 0 atom stereocenters. The van der Waals surface area contributed by atoms with Gasteiger partial charge in [-0.2, -0.15) is 5.26 Å². The van der Waals surface area contributed by atoms with E-state index in [0.717, 1.165) is 27.3 Å². The van der Waals surface area contributed by atoms with Crippen LogP contribution in [0.2, 0.25) is 0 Å². The van der Waals surface area contributed by atoms with E-state index < -0.39 is 0 Å². The molecule has 2 aromatic heterocycles. The van der Waals surface area contributed by atoms with Gasteiger partial charge in [0.1, 0.15) is 10.7 Å². The molecule has 5 heteroatoms. The Morgan fingerprint density at radius 3 is 2.46 bits per heavy atom. The zero-order valence-electron chi connectivity index (χ0n) is 15.3. The van der Waals surface area contributed by atoms with E-state index in [1.807, 2.05) is 66.0 Å². The van der Waals surface area contributed by atoms with Crippen molar-refractivity contribution in [2.24, 2.45) is 0 Å². The van der Waals surface area contributed by atoms with E-state index in [1.165, 1.54) is 11.3 Å². The summed E-state index contributed by atoms with van der Waals surface area (Å²) in [4.78, 5) is 19.1. The fourth-order valence-corrected chi connectivity index (χ4v) is 4.31. The molecule has 4 aromatic rings. The molecule has 0 unspecified atom stereocenters. The van der Waals surface area contributed by atoms with Gasteiger partial charge in [-0.25, -0.2) is 4.98 Å². The first-order valence-corrected chi connectivity index (χ1v) is 10.1. The first-order chi connectivity index (χ1) is 13.8. The Morgan fingerprint density at radius 1 is 1.04 bits per heavy atom. The monoisotopic (exact) mass is 385 g/mol. The van der Waals surface area contributed by atoms with Crippen molar-refractivity contribution >= 4 is 21.6 Å². The molecule has 0 radical (unpaired) electrons. The maximum atomic E-state index is 13.4. The zero-order chi connectivity index (χ0) is 19.3. The van der Waals surface area contributed by atoms with Gasteiger partial charge in [0.15, 0.2) is 0 Å². The number of rotatable bonds is 6. The van der Waals surface area contributed by atoms with Gasteiger partial charge in [-0.05, 0) is 17.5 Å². The maximum Gasteiger partial charge on any atom is 0.262 e. The molecular weight excluding hydrogens is 366 g/mol. The predicted molar refractivity (Wildman–Crippen MR) is 113 cm³/mol. The summed E-state index contributed by atoms with van der Waals surface area (Å²) < 4.78 is 1.76. The van der Waals surface area contributed by atoms with Crippen LogP contribution in [0.25, 0.3) is 21.3 Å². The van der Waals surface area contributed by atoms with Crippen LogP contribution < -0.4 is 5.56 Å². The minimum atomic E-state index is -0.0195. The topological polar surface area (TPSA) is 58.7 Å². The lowest BCUT2D eigenvalue weighted by molar-refractivity contribution is 0.598. The highest BCUT2D eigenvalue weighted by atomic mass is 32.1. The van der Waals surface area contributed by atoms with Crippen LogP contribution in [-0.4, -0.2) is 9.55 Å². The Hall–Kier alpha value is -3.23. The van der Waals surface area contributed by atoms with Crippen LogP contribution in [0.15, 0.2) is 70.8 Å². The van der Waals surface area contributed by atoms with E-state index in [4.69, 9.17) is 10.2 Å². The summed E-state index contributed by atoms with van der Waals surface area (Å²) in [5.74, 6) is 0.753. The average Bonchev–Trinajstić information content (AvgIpc) is 3.16. The van der Waals surface area contributed by atoms with Crippen LogP contribution >= 0.6 is 11.3 Å². The van der Waals surface area contributed by atoms with Crippen molar-refractivity contribution in [1.82, 2.24) is 9.55 Å². The molecule has 0 amide bonds. The van der Waals surface area contributed by atoms with Gasteiger partial charge in [0, 0.05) is 30.3 Å². The highest BCUT2D eigenvalue weighted by Crippen LogP contribution is 2.31. The van der Waals surface area contributed by atoms with E-state index in [-0.39, 0.29) is 5.56 Å². The number of hydrogen-bond donors (Lipinski definition) is 0. The number of nitrogens with zero attached hydrogens (tertiary/aromatic N) is 3. The normalized spacial score (nSPS) is 10.8. The van der Waals surface area contributed by atoms with Crippen LogP contribution in [-0.2, 0) is 13.0 Å². The van der Waals surface area contributed by atoms with Gasteiger partial charge in [-0.15, -0.1) is 11.3 Å². The van der Waals surface area contributed by atoms with E-state index in [1.54, 1.807) is 4.57 Å². The number of aromatic nitrogens is 2. The summed E-state index contributed by atoms with van der Waals surface area (Å²) in [6.45, 7) is 0.502. The second-order valence-electron chi connectivity index (χ2n) is 6.60. The second kappa shape index (κ2) is 8.20. The fourth-order valence-electron chi connectivity index (χ4n) is 3.36. The zero-order valence-corrected chi connectivity index (χ0v) is 16.2. The lowest BCUT2D eigenvalue weighted by atomic mass is 10.1. The van der Waals surface area contributed by atoms with Gasteiger partial charge in [0.25, 0.3) is 5.56 Å². The average molecular weight is 385 g/mol. The number of thiophene rings is 1. The van der Waals surface area contributed by atoms with Crippen molar-refractivity contribution in [3.8, 4) is 17.2 Å². The van der Waals surface area contributed by atoms with Gasteiger partial charge in [0.05, 0.1) is 11.5 Å². The molecule has 0 bridgehead atoms. The van der Waals surface area contributed by atoms with Crippen molar-refractivity contribution < 1.29 is 0 Å². The largest absolute Gasteiger partial charge is 0.296 e. The predicted octanol–water partition coefficient (Wildman–Crippen LogP) is 5.02. The van der Waals surface area contributed by atoms with Crippen molar-refractivity contribution in [2.45, 2.75) is 25.8 Å². The molecule has 0 aliphatic heterocycles. The van der Waals surface area contributed by atoms with Crippen LogP contribution in [0.5, 0.6) is 0 Å². The highest BCUT2D eigenvalue weighted by molar-refractivity contribution is 7.17. The summed E-state index contributed by atoms with van der Waals surface area (Å²) in [7, 11) is 0. The number of hydrogen-bond acceptors (Lipinski definition) is 4. The Balaban J connectivity index is 1.86. The highest BCUT2D eigenvalue weighted by Gasteiger charge is 2.17. The van der Waals surface area contributed by atoms with E-state index in [0.29, 0.717) is 31.2 Å². The van der Waals surface area contributed by atoms with Gasteiger partial charge >= 0.3 is 0 Å². The van der Waals surface area contributed by atoms with Crippen LogP contribution in [0, 0.1) is 11.3 Å².